The SMILES string of the molecule is CC#CCOc1ccc(S(=O)(=O)C2(C(=O)N(O)C(=O)c3cccnc3)CCNCC2)cc1. The van der Waals surface area contributed by atoms with Gasteiger partial charge in [-0.15, -0.1) is 5.92 Å². The molecule has 9 nitrogen and oxygen atoms in total. The molecule has 1 aromatic carbocycles. The van der Waals surface area contributed by atoms with Gasteiger partial charge in [0.2, 0.25) is 0 Å². The fourth-order valence-electron chi connectivity index (χ4n) is 3.46. The van der Waals surface area contributed by atoms with Gasteiger partial charge >= 0.3 is 0 Å². The minimum Gasteiger partial charge on any atom is -0.481 e. The zero-order chi connectivity index (χ0) is 23.2. The summed E-state index contributed by atoms with van der Waals surface area (Å²) in [5.74, 6) is 3.62. The molecule has 2 amide bonds. The highest BCUT2D eigenvalue weighted by atomic mass is 32.2. The van der Waals surface area contributed by atoms with Crippen molar-refractivity contribution >= 4 is 21.7 Å². The Morgan fingerprint density at radius 1 is 1.22 bits per heavy atom. The van der Waals surface area contributed by atoms with Gasteiger partial charge in [-0.1, -0.05) is 5.92 Å². The first-order valence-corrected chi connectivity index (χ1v) is 11.4. The van der Waals surface area contributed by atoms with E-state index in [0.29, 0.717) is 5.75 Å². The lowest BCUT2D eigenvalue weighted by Crippen LogP contribution is -2.58. The highest BCUT2D eigenvalue weighted by molar-refractivity contribution is 7.93. The summed E-state index contributed by atoms with van der Waals surface area (Å²) in [4.78, 5) is 29.5. The number of benzene rings is 1. The van der Waals surface area contributed by atoms with Crippen LogP contribution in [0.3, 0.4) is 0 Å². The van der Waals surface area contributed by atoms with E-state index in [1.54, 1.807) is 6.92 Å². The summed E-state index contributed by atoms with van der Waals surface area (Å²) in [6.07, 6.45) is 2.41. The largest absolute Gasteiger partial charge is 0.481 e. The monoisotopic (exact) mass is 457 g/mol. The van der Waals surface area contributed by atoms with E-state index in [2.05, 4.69) is 22.1 Å². The lowest BCUT2D eigenvalue weighted by Gasteiger charge is -2.36. The van der Waals surface area contributed by atoms with Crippen molar-refractivity contribution in [3.8, 4) is 17.6 Å². The Kier molecular flexibility index (Phi) is 7.25. The van der Waals surface area contributed by atoms with Crippen LogP contribution in [0.1, 0.15) is 30.1 Å². The number of hydroxylamine groups is 2. The molecule has 168 valence electrons. The summed E-state index contributed by atoms with van der Waals surface area (Å²) in [7, 11) is -4.27. The molecule has 0 unspecified atom stereocenters. The van der Waals surface area contributed by atoms with Gasteiger partial charge in [-0.25, -0.2) is 8.42 Å². The number of aromatic nitrogens is 1. The summed E-state index contributed by atoms with van der Waals surface area (Å²) in [5, 5.41) is 13.3. The molecule has 0 bridgehead atoms. The van der Waals surface area contributed by atoms with Crippen LogP contribution in [0.15, 0.2) is 53.7 Å². The van der Waals surface area contributed by atoms with E-state index in [9.17, 15) is 23.2 Å². The molecule has 0 aliphatic carbocycles. The number of rotatable bonds is 6. The lowest BCUT2D eigenvalue weighted by atomic mass is 9.95. The van der Waals surface area contributed by atoms with Gasteiger partial charge in [0.25, 0.3) is 11.8 Å². The quantitative estimate of drug-likeness (QED) is 0.289. The summed E-state index contributed by atoms with van der Waals surface area (Å²) in [6.45, 7) is 2.30. The molecule has 32 heavy (non-hydrogen) atoms. The molecule has 0 atom stereocenters. The maximum atomic E-state index is 13.6. The molecule has 10 heteroatoms. The van der Waals surface area contributed by atoms with Crippen LogP contribution in [0, 0.1) is 11.8 Å². The highest BCUT2D eigenvalue weighted by Gasteiger charge is 2.54. The van der Waals surface area contributed by atoms with Crippen LogP contribution >= 0.6 is 0 Å². The smallest absolute Gasteiger partial charge is 0.286 e. The molecule has 0 spiro atoms. The van der Waals surface area contributed by atoms with Gasteiger partial charge in [-0.3, -0.25) is 19.8 Å². The maximum Gasteiger partial charge on any atom is 0.286 e. The summed E-state index contributed by atoms with van der Waals surface area (Å²) < 4.78 is 30.6. The summed E-state index contributed by atoms with van der Waals surface area (Å²) in [5.41, 5.74) is -0.0403. The third kappa shape index (κ3) is 4.50. The third-order valence-electron chi connectivity index (χ3n) is 5.23. The molecule has 3 rings (SSSR count). The predicted octanol–water partition coefficient (Wildman–Crippen LogP) is 1.44. The number of hydrogen-bond donors (Lipinski definition) is 2. The zero-order valence-electron chi connectivity index (χ0n) is 17.4. The second kappa shape index (κ2) is 9.91. The standard InChI is InChI=1S/C22H23N3O6S/c1-2-3-15-31-18-6-8-19(9-7-18)32(29,30)22(10-13-23-14-11-22)21(27)25(28)20(26)17-5-4-12-24-16-17/h4-9,12,16,23,28H,10-11,13-15H2,1H3. The lowest BCUT2D eigenvalue weighted by molar-refractivity contribution is -0.157. The van der Waals surface area contributed by atoms with E-state index in [0.717, 1.165) is 0 Å². The van der Waals surface area contributed by atoms with E-state index in [-0.39, 0.29) is 48.1 Å². The number of nitrogens with one attached hydrogen (secondary N) is 1. The Hall–Kier alpha value is -3.26. The first-order chi connectivity index (χ1) is 15.3. The average molecular weight is 458 g/mol. The predicted molar refractivity (Wildman–Crippen MR) is 115 cm³/mol. The zero-order valence-corrected chi connectivity index (χ0v) is 18.3. The normalized spacial score (nSPS) is 15.2. The highest BCUT2D eigenvalue weighted by Crippen LogP contribution is 2.36. The van der Waals surface area contributed by atoms with Crippen LogP contribution < -0.4 is 10.1 Å². The molecule has 0 saturated carbocycles. The number of sulfone groups is 1. The second-order valence-corrected chi connectivity index (χ2v) is 9.36. The van der Waals surface area contributed by atoms with E-state index in [1.165, 1.54) is 48.8 Å². The summed E-state index contributed by atoms with van der Waals surface area (Å²) >= 11 is 0. The number of amides is 2. The van der Waals surface area contributed by atoms with Crippen molar-refractivity contribution in [1.82, 2.24) is 15.4 Å². The van der Waals surface area contributed by atoms with Crippen molar-refractivity contribution in [3.63, 3.8) is 0 Å². The van der Waals surface area contributed by atoms with Crippen molar-refractivity contribution in [2.24, 2.45) is 0 Å². The number of carbonyl (C=O) groups is 2. The van der Waals surface area contributed by atoms with E-state index < -0.39 is 26.4 Å². The number of piperidine rings is 1. The molecule has 2 aromatic rings. The minimum atomic E-state index is -4.27. The second-order valence-electron chi connectivity index (χ2n) is 7.10. The molecule has 1 aromatic heterocycles. The molecular weight excluding hydrogens is 434 g/mol. The van der Waals surface area contributed by atoms with Crippen molar-refractivity contribution in [2.75, 3.05) is 19.7 Å². The van der Waals surface area contributed by atoms with Gasteiger partial charge in [0.1, 0.15) is 12.4 Å². The molecule has 1 fully saturated rings. The molecule has 1 saturated heterocycles. The summed E-state index contributed by atoms with van der Waals surface area (Å²) in [6, 6.07) is 8.47. The Bertz CT molecular complexity index is 1130. The van der Waals surface area contributed by atoms with Gasteiger partial charge in [0, 0.05) is 12.4 Å². The van der Waals surface area contributed by atoms with E-state index in [4.69, 9.17) is 4.74 Å². The van der Waals surface area contributed by atoms with Crippen LogP contribution in [-0.2, 0) is 14.6 Å². The van der Waals surface area contributed by atoms with Crippen molar-refractivity contribution < 1.29 is 28.0 Å². The molecule has 2 N–H and O–H groups in total. The third-order valence-corrected chi connectivity index (χ3v) is 7.73. The molecule has 1 aliphatic heterocycles. The van der Waals surface area contributed by atoms with Gasteiger partial charge in [-0.05, 0) is 69.3 Å². The first kappa shape index (κ1) is 23.4. The van der Waals surface area contributed by atoms with Crippen LogP contribution in [-0.4, -0.2) is 59.9 Å². The number of pyridine rings is 1. The Balaban J connectivity index is 1.94. The van der Waals surface area contributed by atoms with Crippen molar-refractivity contribution in [3.05, 3.63) is 54.4 Å². The first-order valence-electron chi connectivity index (χ1n) is 9.89. The topological polar surface area (TPSA) is 126 Å². The average Bonchev–Trinajstić information content (AvgIpc) is 2.84. The van der Waals surface area contributed by atoms with Crippen molar-refractivity contribution in [2.45, 2.75) is 29.4 Å². The van der Waals surface area contributed by atoms with Gasteiger partial charge < -0.3 is 10.1 Å². The molecule has 2 heterocycles. The van der Waals surface area contributed by atoms with Gasteiger partial charge in [0.05, 0.1) is 10.5 Å². The fourth-order valence-corrected chi connectivity index (χ4v) is 5.46. The van der Waals surface area contributed by atoms with Crippen LogP contribution in [0.25, 0.3) is 0 Å². The van der Waals surface area contributed by atoms with E-state index >= 15 is 0 Å². The number of ether oxygens (including phenoxy) is 1. The van der Waals surface area contributed by atoms with Crippen molar-refractivity contribution in [1.29, 1.82) is 0 Å². The number of hydrogen-bond acceptors (Lipinski definition) is 8. The number of carbonyl (C=O) groups excluding carboxylic acids is 2. The van der Waals surface area contributed by atoms with Crippen LogP contribution in [0.5, 0.6) is 5.75 Å². The Labute approximate surface area is 186 Å². The van der Waals surface area contributed by atoms with Crippen LogP contribution in [0.4, 0.5) is 0 Å². The number of nitrogens with zero attached hydrogens (tertiary/aromatic N) is 2. The van der Waals surface area contributed by atoms with E-state index in [1.807, 2.05) is 0 Å². The minimum absolute atomic E-state index is 0.0403. The Morgan fingerprint density at radius 3 is 2.50 bits per heavy atom. The maximum absolute atomic E-state index is 13.6. The Morgan fingerprint density at radius 2 is 1.91 bits per heavy atom. The van der Waals surface area contributed by atoms with Gasteiger partial charge in [0.15, 0.2) is 14.6 Å². The molecule has 1 aliphatic rings. The molecular formula is C22H23N3O6S. The fraction of sp³-hybridized carbons (Fsp3) is 0.318. The molecule has 0 radical (unpaired) electrons. The number of imide groups is 1. The van der Waals surface area contributed by atoms with Gasteiger partial charge in [-0.2, -0.15) is 5.06 Å². The van der Waals surface area contributed by atoms with Crippen LogP contribution in [0.2, 0.25) is 0 Å².